The zero-order valence-electron chi connectivity index (χ0n) is 15.7. The molecule has 2 aromatic carbocycles. The van der Waals surface area contributed by atoms with Gasteiger partial charge in [-0.3, -0.25) is 25.2 Å². The van der Waals surface area contributed by atoms with Crippen molar-refractivity contribution in [2.24, 2.45) is 0 Å². The summed E-state index contributed by atoms with van der Waals surface area (Å²) >= 11 is 0. The average molecular weight is 401 g/mol. The Labute approximate surface area is 166 Å². The summed E-state index contributed by atoms with van der Waals surface area (Å²) < 4.78 is 23.6. The van der Waals surface area contributed by atoms with Crippen molar-refractivity contribution in [1.82, 2.24) is 10.9 Å². The first-order valence-corrected chi connectivity index (χ1v) is 8.97. The van der Waals surface area contributed by atoms with Gasteiger partial charge in [-0.1, -0.05) is 12.1 Å². The third-order valence-corrected chi connectivity index (χ3v) is 4.19. The maximum absolute atomic E-state index is 12.9. The van der Waals surface area contributed by atoms with Gasteiger partial charge in [-0.25, -0.2) is 4.39 Å². The SMILES string of the molecule is C[C@H](Oc1ccc(F)cc1)C(=O)NNC(=O)CCN1C(=O)COc2ccccc21. The number of benzene rings is 2. The summed E-state index contributed by atoms with van der Waals surface area (Å²) in [6, 6.07) is 12.3. The number of carbonyl (C=O) groups excluding carboxylic acids is 3. The predicted octanol–water partition coefficient (Wildman–Crippen LogP) is 1.56. The third kappa shape index (κ3) is 5.22. The summed E-state index contributed by atoms with van der Waals surface area (Å²) in [5, 5.41) is 0. The molecule has 0 aliphatic carbocycles. The molecule has 0 radical (unpaired) electrons. The van der Waals surface area contributed by atoms with Gasteiger partial charge in [0.25, 0.3) is 11.8 Å². The number of carbonyl (C=O) groups is 3. The molecule has 1 heterocycles. The molecule has 152 valence electrons. The van der Waals surface area contributed by atoms with Crippen molar-refractivity contribution in [3.63, 3.8) is 0 Å². The molecule has 0 bridgehead atoms. The van der Waals surface area contributed by atoms with E-state index in [1.54, 1.807) is 24.3 Å². The molecule has 0 spiro atoms. The van der Waals surface area contributed by atoms with Crippen molar-refractivity contribution in [3.05, 3.63) is 54.3 Å². The Morgan fingerprint density at radius 3 is 2.66 bits per heavy atom. The topological polar surface area (TPSA) is 97.0 Å². The largest absolute Gasteiger partial charge is 0.482 e. The first-order chi connectivity index (χ1) is 13.9. The number of hydrogen-bond acceptors (Lipinski definition) is 5. The zero-order chi connectivity index (χ0) is 20.8. The highest BCUT2D eigenvalue weighted by Gasteiger charge is 2.25. The van der Waals surface area contributed by atoms with Crippen molar-refractivity contribution >= 4 is 23.4 Å². The Balaban J connectivity index is 1.45. The number of fused-ring (bicyclic) bond motifs is 1. The minimum absolute atomic E-state index is 0.0203. The van der Waals surface area contributed by atoms with Crippen LogP contribution in [0.1, 0.15) is 13.3 Å². The lowest BCUT2D eigenvalue weighted by molar-refractivity contribution is -0.132. The van der Waals surface area contributed by atoms with Crippen molar-refractivity contribution in [2.45, 2.75) is 19.4 Å². The van der Waals surface area contributed by atoms with E-state index in [2.05, 4.69) is 10.9 Å². The van der Waals surface area contributed by atoms with Crippen LogP contribution in [-0.4, -0.2) is 37.0 Å². The Kier molecular flexibility index (Phi) is 6.28. The highest BCUT2D eigenvalue weighted by Crippen LogP contribution is 2.31. The molecule has 29 heavy (non-hydrogen) atoms. The number of para-hydroxylation sites is 2. The fourth-order valence-electron chi connectivity index (χ4n) is 2.68. The molecule has 0 unspecified atom stereocenters. The number of nitrogens with one attached hydrogen (secondary N) is 2. The molecule has 0 fully saturated rings. The van der Waals surface area contributed by atoms with Crippen LogP contribution >= 0.6 is 0 Å². The molecule has 0 saturated heterocycles. The van der Waals surface area contributed by atoms with Gasteiger partial charge >= 0.3 is 0 Å². The van der Waals surface area contributed by atoms with Gasteiger partial charge in [0.2, 0.25) is 5.91 Å². The Bertz CT molecular complexity index is 903. The van der Waals surface area contributed by atoms with Gasteiger partial charge in [0.15, 0.2) is 12.7 Å². The lowest BCUT2D eigenvalue weighted by Gasteiger charge is -2.29. The molecular weight excluding hydrogens is 381 g/mol. The van der Waals surface area contributed by atoms with E-state index in [1.165, 1.54) is 36.1 Å². The number of rotatable bonds is 6. The first kappa shape index (κ1) is 20.1. The monoisotopic (exact) mass is 401 g/mol. The van der Waals surface area contributed by atoms with Crippen LogP contribution in [0.4, 0.5) is 10.1 Å². The fraction of sp³-hybridized carbons (Fsp3) is 0.250. The van der Waals surface area contributed by atoms with E-state index >= 15 is 0 Å². The second-order valence-electron chi connectivity index (χ2n) is 6.30. The summed E-state index contributed by atoms with van der Waals surface area (Å²) in [5.74, 6) is -0.804. The first-order valence-electron chi connectivity index (χ1n) is 8.97. The summed E-state index contributed by atoms with van der Waals surface area (Å²) in [7, 11) is 0. The minimum Gasteiger partial charge on any atom is -0.482 e. The zero-order valence-corrected chi connectivity index (χ0v) is 15.7. The molecule has 1 atom stereocenters. The van der Waals surface area contributed by atoms with E-state index in [-0.39, 0.29) is 25.5 Å². The van der Waals surface area contributed by atoms with Gasteiger partial charge in [0.1, 0.15) is 17.3 Å². The molecule has 9 heteroatoms. The van der Waals surface area contributed by atoms with E-state index < -0.39 is 23.7 Å². The van der Waals surface area contributed by atoms with Crippen molar-refractivity contribution < 1.29 is 28.2 Å². The maximum Gasteiger partial charge on any atom is 0.279 e. The number of hydrazine groups is 1. The standard InChI is InChI=1S/C20H20FN3O5/c1-13(29-15-8-6-14(21)7-9-15)20(27)23-22-18(25)10-11-24-16-4-2-3-5-17(16)28-12-19(24)26/h2-9,13H,10-12H2,1H3,(H,22,25)(H,23,27)/t13-/m0/s1. The average Bonchev–Trinajstić information content (AvgIpc) is 2.72. The summed E-state index contributed by atoms with van der Waals surface area (Å²) in [6.45, 7) is 1.55. The Hall–Kier alpha value is -3.62. The molecule has 8 nitrogen and oxygen atoms in total. The Morgan fingerprint density at radius 1 is 1.17 bits per heavy atom. The number of hydrogen-bond donors (Lipinski definition) is 2. The molecule has 1 aliphatic rings. The normalized spacial score (nSPS) is 13.7. The summed E-state index contributed by atoms with van der Waals surface area (Å²) in [4.78, 5) is 37.6. The maximum atomic E-state index is 12.9. The number of anilines is 1. The van der Waals surface area contributed by atoms with E-state index in [0.717, 1.165) is 0 Å². The fourth-order valence-corrected chi connectivity index (χ4v) is 2.68. The molecule has 0 saturated carbocycles. The van der Waals surface area contributed by atoms with Crippen molar-refractivity contribution in [2.75, 3.05) is 18.1 Å². The molecule has 2 N–H and O–H groups in total. The highest BCUT2D eigenvalue weighted by molar-refractivity contribution is 5.98. The molecule has 2 aromatic rings. The van der Waals surface area contributed by atoms with Crippen LogP contribution in [0.15, 0.2) is 48.5 Å². The van der Waals surface area contributed by atoms with Crippen LogP contribution in [0.3, 0.4) is 0 Å². The number of amides is 3. The number of ether oxygens (including phenoxy) is 2. The quantitative estimate of drug-likeness (QED) is 0.716. The minimum atomic E-state index is -0.909. The number of nitrogens with zero attached hydrogens (tertiary/aromatic N) is 1. The van der Waals surface area contributed by atoms with E-state index in [9.17, 15) is 18.8 Å². The molecule has 3 amide bonds. The second-order valence-corrected chi connectivity index (χ2v) is 6.30. The van der Waals surface area contributed by atoms with Crippen molar-refractivity contribution in [1.29, 1.82) is 0 Å². The molecule has 1 aliphatic heterocycles. The lowest BCUT2D eigenvalue weighted by Crippen LogP contribution is -2.48. The van der Waals surface area contributed by atoms with E-state index in [0.29, 0.717) is 17.2 Å². The van der Waals surface area contributed by atoms with Gasteiger partial charge in [0.05, 0.1) is 5.69 Å². The van der Waals surface area contributed by atoms with Crippen LogP contribution in [0, 0.1) is 5.82 Å². The highest BCUT2D eigenvalue weighted by atomic mass is 19.1. The molecule has 3 rings (SSSR count). The number of halogens is 1. The predicted molar refractivity (Wildman–Crippen MR) is 102 cm³/mol. The van der Waals surface area contributed by atoms with Gasteiger partial charge in [-0.15, -0.1) is 0 Å². The van der Waals surface area contributed by atoms with E-state index in [4.69, 9.17) is 9.47 Å². The second kappa shape index (κ2) is 9.05. The third-order valence-electron chi connectivity index (χ3n) is 4.19. The van der Waals surface area contributed by atoms with Crippen LogP contribution in [0.5, 0.6) is 11.5 Å². The van der Waals surface area contributed by atoms with Gasteiger partial charge in [-0.2, -0.15) is 0 Å². The van der Waals surface area contributed by atoms with Crippen LogP contribution in [-0.2, 0) is 14.4 Å². The molecule has 0 aromatic heterocycles. The van der Waals surface area contributed by atoms with Gasteiger partial charge in [-0.05, 0) is 43.3 Å². The van der Waals surface area contributed by atoms with Crippen molar-refractivity contribution in [3.8, 4) is 11.5 Å². The summed E-state index contributed by atoms with van der Waals surface area (Å²) in [6.07, 6.45) is -0.929. The lowest BCUT2D eigenvalue weighted by atomic mass is 10.2. The van der Waals surface area contributed by atoms with Gasteiger partial charge < -0.3 is 14.4 Å². The molecular formula is C20H20FN3O5. The summed E-state index contributed by atoms with van der Waals surface area (Å²) in [5.41, 5.74) is 5.15. The van der Waals surface area contributed by atoms with Gasteiger partial charge in [0, 0.05) is 13.0 Å². The smallest absolute Gasteiger partial charge is 0.279 e. The van der Waals surface area contributed by atoms with Crippen LogP contribution < -0.4 is 25.2 Å². The Morgan fingerprint density at radius 2 is 1.90 bits per heavy atom. The van der Waals surface area contributed by atoms with Crippen LogP contribution in [0.25, 0.3) is 0 Å². The van der Waals surface area contributed by atoms with Crippen LogP contribution in [0.2, 0.25) is 0 Å². The van der Waals surface area contributed by atoms with E-state index in [1.807, 2.05) is 0 Å².